The van der Waals surface area contributed by atoms with Crippen molar-refractivity contribution in [2.24, 2.45) is 5.10 Å². The van der Waals surface area contributed by atoms with Crippen LogP contribution >= 0.6 is 11.6 Å². The Morgan fingerprint density at radius 2 is 1.74 bits per heavy atom. The van der Waals surface area contributed by atoms with Gasteiger partial charge in [-0.05, 0) is 6.07 Å². The van der Waals surface area contributed by atoms with Gasteiger partial charge in [0, 0.05) is 11.6 Å². The molecule has 0 aliphatic carbocycles. The molecule has 0 aliphatic heterocycles. The van der Waals surface area contributed by atoms with Crippen LogP contribution in [-0.4, -0.2) is 10.1 Å². The molecule has 6 heteroatoms. The number of nitro benzene ring substituents is 1. The average molecular weight is 276 g/mol. The molecule has 0 aromatic heterocycles. The van der Waals surface area contributed by atoms with Gasteiger partial charge in [-0.1, -0.05) is 54.1 Å². The van der Waals surface area contributed by atoms with Crippen LogP contribution in [0.15, 0.2) is 59.7 Å². The fourth-order valence-corrected chi connectivity index (χ4v) is 1.65. The fourth-order valence-electron chi connectivity index (χ4n) is 1.48. The number of anilines is 1. The summed E-state index contributed by atoms with van der Waals surface area (Å²) in [6.45, 7) is 0. The van der Waals surface area contributed by atoms with E-state index in [4.69, 9.17) is 11.6 Å². The Balaban J connectivity index is 2.21. The van der Waals surface area contributed by atoms with Crippen LogP contribution in [0.2, 0.25) is 0 Å². The molecule has 2 aromatic rings. The molecule has 1 N–H and O–H groups in total. The number of halogens is 1. The lowest BCUT2D eigenvalue weighted by Crippen LogP contribution is -1.99. The monoisotopic (exact) mass is 275 g/mol. The zero-order chi connectivity index (χ0) is 13.7. The Morgan fingerprint density at radius 1 is 1.11 bits per heavy atom. The van der Waals surface area contributed by atoms with Crippen LogP contribution in [0.1, 0.15) is 5.56 Å². The van der Waals surface area contributed by atoms with E-state index in [0.29, 0.717) is 5.69 Å². The Morgan fingerprint density at radius 3 is 2.42 bits per heavy atom. The number of rotatable bonds is 4. The third-order valence-corrected chi connectivity index (χ3v) is 2.69. The van der Waals surface area contributed by atoms with Crippen molar-refractivity contribution in [3.8, 4) is 0 Å². The smallest absolute Gasteiger partial charge is 0.270 e. The van der Waals surface area contributed by atoms with Crippen LogP contribution < -0.4 is 5.43 Å². The highest BCUT2D eigenvalue weighted by Crippen LogP contribution is 2.23. The molecule has 2 rings (SSSR count). The van der Waals surface area contributed by atoms with E-state index in [1.165, 1.54) is 6.07 Å². The predicted molar refractivity (Wildman–Crippen MR) is 75.6 cm³/mol. The van der Waals surface area contributed by atoms with Crippen molar-refractivity contribution >= 4 is 28.1 Å². The zero-order valence-electron chi connectivity index (χ0n) is 9.79. The van der Waals surface area contributed by atoms with Crippen LogP contribution in [0.25, 0.3) is 0 Å². The van der Waals surface area contributed by atoms with E-state index in [1.807, 2.05) is 18.2 Å². The first-order chi connectivity index (χ1) is 9.18. The summed E-state index contributed by atoms with van der Waals surface area (Å²) in [4.78, 5) is 10.3. The third-order valence-electron chi connectivity index (χ3n) is 2.39. The van der Waals surface area contributed by atoms with Gasteiger partial charge in [0.2, 0.25) is 0 Å². The molecule has 0 saturated heterocycles. The van der Waals surface area contributed by atoms with Crippen molar-refractivity contribution in [3.05, 3.63) is 70.3 Å². The average Bonchev–Trinajstić information content (AvgIpc) is 2.46. The number of hydrazone groups is 1. The van der Waals surface area contributed by atoms with Crippen LogP contribution in [0.3, 0.4) is 0 Å². The molecule has 0 unspecified atom stereocenters. The molecule has 19 heavy (non-hydrogen) atoms. The molecule has 0 saturated carbocycles. The van der Waals surface area contributed by atoms with Gasteiger partial charge in [0.25, 0.3) is 5.69 Å². The van der Waals surface area contributed by atoms with Crippen LogP contribution in [-0.2, 0) is 0 Å². The molecule has 0 heterocycles. The summed E-state index contributed by atoms with van der Waals surface area (Å²) >= 11 is 6.01. The molecule has 0 radical (unpaired) electrons. The Hall–Kier alpha value is -2.40. The molecule has 96 valence electrons. The Labute approximate surface area is 114 Å². The summed E-state index contributed by atoms with van der Waals surface area (Å²) in [7, 11) is 0. The Kier molecular flexibility index (Phi) is 4.10. The maximum Gasteiger partial charge on any atom is 0.294 e. The highest BCUT2D eigenvalue weighted by molar-refractivity contribution is 6.69. The minimum absolute atomic E-state index is 0.0521. The van der Waals surface area contributed by atoms with Crippen LogP contribution in [0.5, 0.6) is 0 Å². The summed E-state index contributed by atoms with van der Waals surface area (Å²) in [6.07, 6.45) is 0. The normalized spacial score (nSPS) is 11.1. The molecular weight excluding hydrogens is 266 g/mol. The van der Waals surface area contributed by atoms with Gasteiger partial charge in [0.05, 0.1) is 4.92 Å². The molecular formula is C13H10ClN3O2. The van der Waals surface area contributed by atoms with E-state index in [2.05, 4.69) is 10.5 Å². The van der Waals surface area contributed by atoms with E-state index in [-0.39, 0.29) is 10.9 Å². The summed E-state index contributed by atoms with van der Waals surface area (Å²) in [5.41, 5.74) is 3.58. The van der Waals surface area contributed by atoms with Gasteiger partial charge in [-0.15, -0.1) is 0 Å². The second kappa shape index (κ2) is 5.97. The first kappa shape index (κ1) is 13.0. The lowest BCUT2D eigenvalue weighted by Gasteiger charge is -2.02. The minimum Gasteiger partial charge on any atom is -0.270 e. The molecule has 5 nitrogen and oxygen atoms in total. The minimum atomic E-state index is -0.478. The van der Waals surface area contributed by atoms with E-state index >= 15 is 0 Å². The van der Waals surface area contributed by atoms with Crippen LogP contribution in [0, 0.1) is 10.1 Å². The number of nitrogens with one attached hydrogen (secondary N) is 1. The largest absolute Gasteiger partial charge is 0.294 e. The molecule has 0 atom stereocenters. The van der Waals surface area contributed by atoms with Crippen molar-refractivity contribution in [2.45, 2.75) is 0 Å². The van der Waals surface area contributed by atoms with Gasteiger partial charge in [-0.3, -0.25) is 15.5 Å². The highest BCUT2D eigenvalue weighted by atomic mass is 35.5. The van der Waals surface area contributed by atoms with E-state index in [1.54, 1.807) is 30.3 Å². The van der Waals surface area contributed by atoms with Crippen molar-refractivity contribution in [1.82, 2.24) is 0 Å². The number of hydrogen-bond donors (Lipinski definition) is 1. The third kappa shape index (κ3) is 3.29. The van der Waals surface area contributed by atoms with E-state index < -0.39 is 4.92 Å². The van der Waals surface area contributed by atoms with Crippen molar-refractivity contribution in [3.63, 3.8) is 0 Å². The number of hydrogen-bond acceptors (Lipinski definition) is 4. The van der Waals surface area contributed by atoms with E-state index in [9.17, 15) is 10.1 Å². The van der Waals surface area contributed by atoms with Gasteiger partial charge >= 0.3 is 0 Å². The summed E-state index contributed by atoms with van der Waals surface area (Å²) in [5, 5.41) is 15.0. The molecule has 0 fully saturated rings. The first-order valence-electron chi connectivity index (χ1n) is 5.46. The van der Waals surface area contributed by atoms with E-state index in [0.717, 1.165) is 5.56 Å². The number of para-hydroxylation sites is 2. The highest BCUT2D eigenvalue weighted by Gasteiger charge is 2.11. The summed E-state index contributed by atoms with van der Waals surface area (Å²) in [5.74, 6) is 0. The summed E-state index contributed by atoms with van der Waals surface area (Å²) in [6, 6.07) is 15.4. The molecule has 0 spiro atoms. The fraction of sp³-hybridized carbons (Fsp3) is 0. The van der Waals surface area contributed by atoms with Crippen molar-refractivity contribution in [1.29, 1.82) is 0 Å². The lowest BCUT2D eigenvalue weighted by molar-refractivity contribution is -0.384. The number of nitro groups is 1. The Bertz CT molecular complexity index is 614. The topological polar surface area (TPSA) is 67.5 Å². The maximum atomic E-state index is 10.8. The first-order valence-corrected chi connectivity index (χ1v) is 5.84. The number of benzene rings is 2. The van der Waals surface area contributed by atoms with Gasteiger partial charge in [-0.25, -0.2) is 0 Å². The van der Waals surface area contributed by atoms with Crippen molar-refractivity contribution in [2.75, 3.05) is 5.43 Å². The molecule has 0 bridgehead atoms. The number of nitrogens with zero attached hydrogens (tertiary/aromatic N) is 2. The summed E-state index contributed by atoms with van der Waals surface area (Å²) < 4.78 is 0. The molecule has 0 aliphatic rings. The van der Waals surface area contributed by atoms with Crippen LogP contribution in [0.4, 0.5) is 11.4 Å². The molecule has 2 aromatic carbocycles. The lowest BCUT2D eigenvalue weighted by atomic mass is 10.2. The molecule has 0 amide bonds. The van der Waals surface area contributed by atoms with Gasteiger partial charge in [0.1, 0.15) is 5.69 Å². The quantitative estimate of drug-likeness (QED) is 0.526. The SMILES string of the molecule is O=[N+]([O-])c1ccccc1N/N=C(\Cl)c1ccccc1. The second-order valence-corrected chi connectivity index (χ2v) is 4.01. The van der Waals surface area contributed by atoms with Gasteiger partial charge in [0.15, 0.2) is 5.17 Å². The second-order valence-electron chi connectivity index (χ2n) is 3.65. The maximum absolute atomic E-state index is 10.8. The van der Waals surface area contributed by atoms with Crippen molar-refractivity contribution < 1.29 is 4.92 Å². The zero-order valence-corrected chi connectivity index (χ0v) is 10.5. The van der Waals surface area contributed by atoms with Gasteiger partial charge < -0.3 is 0 Å². The van der Waals surface area contributed by atoms with Gasteiger partial charge in [-0.2, -0.15) is 5.10 Å². The standard InChI is InChI=1S/C13H10ClN3O2/c14-13(10-6-2-1-3-7-10)16-15-11-8-4-5-9-12(11)17(18)19/h1-9,15H/b16-13-. The predicted octanol–water partition coefficient (Wildman–Crippen LogP) is 3.61.